The molecular formula is C9H12O2. The highest BCUT2D eigenvalue weighted by Crippen LogP contribution is 2.57. The van der Waals surface area contributed by atoms with Gasteiger partial charge >= 0.3 is 0 Å². The molecule has 11 heavy (non-hydrogen) atoms. The molecule has 5 rings (SSSR count). The second kappa shape index (κ2) is 1.50. The van der Waals surface area contributed by atoms with Crippen LogP contribution in [0, 0.1) is 11.8 Å². The molecule has 0 radical (unpaired) electrons. The Bertz CT molecular complexity index is 210. The number of fused-ring (bicyclic) bond motifs is 1. The molecule has 2 saturated carbocycles. The Labute approximate surface area is 65.9 Å². The molecule has 3 saturated heterocycles. The van der Waals surface area contributed by atoms with Crippen LogP contribution in [0.25, 0.3) is 0 Å². The molecule has 60 valence electrons. The van der Waals surface area contributed by atoms with Crippen LogP contribution < -0.4 is 0 Å². The van der Waals surface area contributed by atoms with Crippen molar-refractivity contribution in [1.29, 1.82) is 0 Å². The van der Waals surface area contributed by atoms with Gasteiger partial charge in [-0.2, -0.15) is 0 Å². The summed E-state index contributed by atoms with van der Waals surface area (Å²) in [7, 11) is 0. The Morgan fingerprint density at radius 3 is 2.64 bits per heavy atom. The van der Waals surface area contributed by atoms with Gasteiger partial charge in [0.15, 0.2) is 0 Å². The largest absolute Gasteiger partial charge is 0.374 e. The molecule has 5 aliphatic rings. The minimum absolute atomic E-state index is 0.594. The molecular weight excluding hydrogens is 140 g/mol. The average Bonchev–Trinajstić information content (AvgIpc) is 2.60. The van der Waals surface area contributed by atoms with Gasteiger partial charge in [0.25, 0.3) is 0 Å². The molecule has 6 atom stereocenters. The first kappa shape index (κ1) is 5.55. The summed E-state index contributed by atoms with van der Waals surface area (Å²) in [5.41, 5.74) is 0. The van der Waals surface area contributed by atoms with E-state index in [1.54, 1.807) is 0 Å². The first-order chi connectivity index (χ1) is 5.42. The first-order valence-electron chi connectivity index (χ1n) is 4.73. The van der Waals surface area contributed by atoms with Gasteiger partial charge in [-0.3, -0.25) is 0 Å². The summed E-state index contributed by atoms with van der Waals surface area (Å²) in [6.45, 7) is 0. The smallest absolute Gasteiger partial charge is 0.0897 e. The monoisotopic (exact) mass is 152 g/mol. The summed E-state index contributed by atoms with van der Waals surface area (Å²) in [6.07, 6.45) is 6.49. The molecule has 0 aromatic carbocycles. The van der Waals surface area contributed by atoms with Crippen molar-refractivity contribution in [2.45, 2.75) is 43.7 Å². The summed E-state index contributed by atoms with van der Waals surface area (Å²) >= 11 is 0. The zero-order valence-electron chi connectivity index (χ0n) is 6.40. The lowest BCUT2D eigenvalue weighted by molar-refractivity contribution is -0.208. The van der Waals surface area contributed by atoms with E-state index in [1.165, 1.54) is 19.3 Å². The van der Waals surface area contributed by atoms with Gasteiger partial charge in [0.05, 0.1) is 24.4 Å². The van der Waals surface area contributed by atoms with Crippen LogP contribution in [0.2, 0.25) is 0 Å². The third-order valence-electron chi connectivity index (χ3n) is 3.94. The molecule has 0 aromatic heterocycles. The van der Waals surface area contributed by atoms with Gasteiger partial charge in [-0.25, -0.2) is 0 Å². The number of epoxide rings is 1. The van der Waals surface area contributed by atoms with Crippen molar-refractivity contribution in [3.05, 3.63) is 0 Å². The molecule has 0 N–H and O–H groups in total. The lowest BCUT2D eigenvalue weighted by Crippen LogP contribution is -2.52. The van der Waals surface area contributed by atoms with Gasteiger partial charge in [0.2, 0.25) is 0 Å². The van der Waals surface area contributed by atoms with Crippen molar-refractivity contribution >= 4 is 0 Å². The average molecular weight is 152 g/mol. The topological polar surface area (TPSA) is 21.8 Å². The standard InChI is InChI=1S/C9H12O2/c1-4-2-7-9(11-7)8(4)6-3-5(1)10-6/h4-9H,1-3H2/t4?,5?,6-,7?,8?,9?/m1/s1. The normalized spacial score (nSPS) is 69.8. The van der Waals surface area contributed by atoms with Gasteiger partial charge in [0.1, 0.15) is 0 Å². The van der Waals surface area contributed by atoms with E-state index in [0.717, 1.165) is 11.8 Å². The lowest BCUT2D eigenvalue weighted by atomic mass is 9.73. The summed E-state index contributed by atoms with van der Waals surface area (Å²) in [5.74, 6) is 1.77. The maximum Gasteiger partial charge on any atom is 0.0897 e. The van der Waals surface area contributed by atoms with E-state index in [2.05, 4.69) is 0 Å². The van der Waals surface area contributed by atoms with E-state index in [-0.39, 0.29) is 0 Å². The van der Waals surface area contributed by atoms with Gasteiger partial charge in [-0.05, 0) is 18.8 Å². The zero-order valence-corrected chi connectivity index (χ0v) is 6.40. The second-order valence-electron chi connectivity index (χ2n) is 4.48. The fourth-order valence-electron chi connectivity index (χ4n) is 3.41. The van der Waals surface area contributed by atoms with E-state index in [4.69, 9.17) is 9.47 Å². The highest BCUT2D eigenvalue weighted by Gasteiger charge is 2.63. The Kier molecular flexibility index (Phi) is 0.758. The van der Waals surface area contributed by atoms with Crippen LogP contribution in [0.5, 0.6) is 0 Å². The minimum atomic E-state index is 0.594. The van der Waals surface area contributed by atoms with E-state index in [0.29, 0.717) is 24.4 Å². The van der Waals surface area contributed by atoms with E-state index < -0.39 is 0 Å². The van der Waals surface area contributed by atoms with Gasteiger partial charge in [0, 0.05) is 12.3 Å². The summed E-state index contributed by atoms with van der Waals surface area (Å²) in [5, 5.41) is 0. The molecule has 0 aromatic rings. The lowest BCUT2D eigenvalue weighted by Gasteiger charge is -2.49. The summed E-state index contributed by atoms with van der Waals surface area (Å²) in [6, 6.07) is 0. The number of hydrogen-bond donors (Lipinski definition) is 0. The number of rotatable bonds is 0. The van der Waals surface area contributed by atoms with E-state index >= 15 is 0 Å². The molecule has 0 spiro atoms. The molecule has 3 aliphatic heterocycles. The van der Waals surface area contributed by atoms with Crippen LogP contribution in [0.1, 0.15) is 19.3 Å². The number of ether oxygens (including phenoxy) is 2. The molecule has 2 heteroatoms. The van der Waals surface area contributed by atoms with Crippen LogP contribution in [-0.4, -0.2) is 24.4 Å². The number of hydrogen-bond acceptors (Lipinski definition) is 2. The summed E-state index contributed by atoms with van der Waals surface area (Å²) in [4.78, 5) is 0. The summed E-state index contributed by atoms with van der Waals surface area (Å²) < 4.78 is 11.2. The Hall–Kier alpha value is -0.0800. The quantitative estimate of drug-likeness (QED) is 0.482. The molecule has 5 unspecified atom stereocenters. The highest BCUT2D eigenvalue weighted by atomic mass is 16.6. The highest BCUT2D eigenvalue weighted by molar-refractivity contribution is 5.10. The minimum Gasteiger partial charge on any atom is -0.374 e. The predicted molar refractivity (Wildman–Crippen MR) is 38.2 cm³/mol. The zero-order chi connectivity index (χ0) is 7.00. The molecule has 5 fully saturated rings. The second-order valence-corrected chi connectivity index (χ2v) is 4.48. The van der Waals surface area contributed by atoms with Crippen LogP contribution in [0.4, 0.5) is 0 Å². The maximum atomic E-state index is 5.71. The SMILES string of the molecule is C1C2C[C@@H](O2)C2C1CC1OC12. The molecule has 2 bridgehead atoms. The van der Waals surface area contributed by atoms with Crippen LogP contribution in [-0.2, 0) is 9.47 Å². The van der Waals surface area contributed by atoms with Crippen molar-refractivity contribution < 1.29 is 9.47 Å². The maximum absolute atomic E-state index is 5.71. The fraction of sp³-hybridized carbons (Fsp3) is 1.00. The van der Waals surface area contributed by atoms with Crippen LogP contribution >= 0.6 is 0 Å². The Morgan fingerprint density at radius 1 is 0.909 bits per heavy atom. The van der Waals surface area contributed by atoms with Gasteiger partial charge in [-0.15, -0.1) is 0 Å². The van der Waals surface area contributed by atoms with Gasteiger partial charge < -0.3 is 9.47 Å². The fourth-order valence-corrected chi connectivity index (χ4v) is 3.41. The molecule has 0 amide bonds. The van der Waals surface area contributed by atoms with Crippen molar-refractivity contribution in [1.82, 2.24) is 0 Å². The Balaban J connectivity index is 1.71. The van der Waals surface area contributed by atoms with Crippen molar-refractivity contribution in [2.24, 2.45) is 11.8 Å². The first-order valence-corrected chi connectivity index (χ1v) is 4.73. The van der Waals surface area contributed by atoms with Crippen molar-refractivity contribution in [2.75, 3.05) is 0 Å². The van der Waals surface area contributed by atoms with E-state index in [9.17, 15) is 0 Å². The predicted octanol–water partition coefficient (Wildman–Crippen LogP) is 0.951. The third kappa shape index (κ3) is 0.541. The molecule has 2 nitrogen and oxygen atoms in total. The van der Waals surface area contributed by atoms with Crippen LogP contribution in [0.15, 0.2) is 0 Å². The van der Waals surface area contributed by atoms with Crippen molar-refractivity contribution in [3.8, 4) is 0 Å². The van der Waals surface area contributed by atoms with E-state index in [1.807, 2.05) is 0 Å². The third-order valence-corrected chi connectivity index (χ3v) is 3.94. The molecule has 2 aliphatic carbocycles. The Morgan fingerprint density at radius 2 is 1.82 bits per heavy atom. The van der Waals surface area contributed by atoms with Crippen molar-refractivity contribution in [3.63, 3.8) is 0 Å². The van der Waals surface area contributed by atoms with Crippen LogP contribution in [0.3, 0.4) is 0 Å². The molecule has 3 heterocycles. The van der Waals surface area contributed by atoms with Gasteiger partial charge in [-0.1, -0.05) is 0 Å².